The Morgan fingerprint density at radius 2 is 2.24 bits per heavy atom. The third-order valence-electron chi connectivity index (χ3n) is 2.16. The van der Waals surface area contributed by atoms with Crippen molar-refractivity contribution in [1.82, 2.24) is 5.32 Å². The molecule has 1 N–H and O–H groups in total. The third kappa shape index (κ3) is 3.35. The molecule has 0 saturated heterocycles. The van der Waals surface area contributed by atoms with Gasteiger partial charge >= 0.3 is 0 Å². The van der Waals surface area contributed by atoms with E-state index < -0.39 is 0 Å². The second-order valence-electron chi connectivity index (χ2n) is 3.47. The highest BCUT2D eigenvalue weighted by atomic mass is 79.9. The Kier molecular flexibility index (Phi) is 3.86. The molecule has 0 saturated carbocycles. The standard InChI is InChI=1S/C12H9BrClNO2/c13-10-3-9(4-11(14)5-10)12(16)15-6-8-1-2-17-7-8/h1-5,7H,6H2,(H,15,16). The minimum atomic E-state index is -0.172. The van der Waals surface area contributed by atoms with Crippen LogP contribution in [0.3, 0.4) is 0 Å². The van der Waals surface area contributed by atoms with Gasteiger partial charge in [0.25, 0.3) is 5.91 Å². The maximum Gasteiger partial charge on any atom is 0.251 e. The zero-order valence-corrected chi connectivity index (χ0v) is 11.1. The van der Waals surface area contributed by atoms with Crippen LogP contribution in [-0.4, -0.2) is 5.91 Å². The lowest BCUT2D eigenvalue weighted by Gasteiger charge is -2.04. The number of hydrogen-bond donors (Lipinski definition) is 1. The molecule has 0 aliphatic rings. The van der Waals surface area contributed by atoms with E-state index in [1.54, 1.807) is 36.8 Å². The molecule has 1 aromatic carbocycles. The topological polar surface area (TPSA) is 42.2 Å². The van der Waals surface area contributed by atoms with Gasteiger partial charge in [-0.05, 0) is 24.3 Å². The van der Waals surface area contributed by atoms with Gasteiger partial charge in [-0.1, -0.05) is 27.5 Å². The van der Waals surface area contributed by atoms with Gasteiger partial charge in [-0.3, -0.25) is 4.79 Å². The van der Waals surface area contributed by atoms with E-state index in [1.807, 2.05) is 0 Å². The molecule has 0 aliphatic carbocycles. The fourth-order valence-corrected chi connectivity index (χ4v) is 2.22. The zero-order chi connectivity index (χ0) is 12.3. The Balaban J connectivity index is 2.04. The Labute approximate surface area is 112 Å². The first kappa shape index (κ1) is 12.2. The minimum absolute atomic E-state index is 0.172. The van der Waals surface area contributed by atoms with Crippen molar-refractivity contribution in [2.24, 2.45) is 0 Å². The highest BCUT2D eigenvalue weighted by Gasteiger charge is 2.07. The van der Waals surface area contributed by atoms with Crippen LogP contribution in [0, 0.1) is 0 Å². The van der Waals surface area contributed by atoms with Crippen LogP contribution in [0.2, 0.25) is 5.02 Å². The molecule has 0 atom stereocenters. The van der Waals surface area contributed by atoms with Crippen LogP contribution in [-0.2, 0) is 6.54 Å². The van der Waals surface area contributed by atoms with Crippen LogP contribution in [0.1, 0.15) is 15.9 Å². The largest absolute Gasteiger partial charge is 0.472 e. The van der Waals surface area contributed by atoms with Gasteiger partial charge in [-0.2, -0.15) is 0 Å². The van der Waals surface area contributed by atoms with Crippen molar-refractivity contribution >= 4 is 33.4 Å². The number of halogens is 2. The van der Waals surface area contributed by atoms with Gasteiger partial charge in [-0.25, -0.2) is 0 Å². The summed E-state index contributed by atoms with van der Waals surface area (Å²) in [4.78, 5) is 11.8. The van der Waals surface area contributed by atoms with E-state index in [1.165, 1.54) is 0 Å². The van der Waals surface area contributed by atoms with Gasteiger partial charge in [0.2, 0.25) is 0 Å². The second-order valence-corrected chi connectivity index (χ2v) is 4.82. The van der Waals surface area contributed by atoms with Gasteiger partial charge in [-0.15, -0.1) is 0 Å². The molecular formula is C12H9BrClNO2. The summed E-state index contributed by atoms with van der Waals surface area (Å²) in [5.74, 6) is -0.172. The molecule has 5 heteroatoms. The summed E-state index contributed by atoms with van der Waals surface area (Å²) in [5, 5.41) is 3.30. The quantitative estimate of drug-likeness (QED) is 0.940. The van der Waals surface area contributed by atoms with E-state index in [0.717, 1.165) is 10.0 Å². The molecular weight excluding hydrogens is 305 g/mol. The predicted octanol–water partition coefficient (Wildman–Crippen LogP) is 3.63. The first-order chi connectivity index (χ1) is 8.15. The van der Waals surface area contributed by atoms with Crippen LogP contribution < -0.4 is 5.32 Å². The second kappa shape index (κ2) is 5.38. The zero-order valence-electron chi connectivity index (χ0n) is 8.74. The Morgan fingerprint density at radius 1 is 1.41 bits per heavy atom. The van der Waals surface area contributed by atoms with Crippen LogP contribution in [0.5, 0.6) is 0 Å². The molecule has 17 heavy (non-hydrogen) atoms. The highest BCUT2D eigenvalue weighted by molar-refractivity contribution is 9.10. The molecule has 0 aliphatic heterocycles. The fourth-order valence-electron chi connectivity index (χ4n) is 1.36. The SMILES string of the molecule is O=C(NCc1ccoc1)c1cc(Cl)cc(Br)c1. The van der Waals surface area contributed by atoms with Gasteiger partial charge in [0.1, 0.15) is 0 Å². The third-order valence-corrected chi connectivity index (χ3v) is 2.83. The molecule has 1 aromatic heterocycles. The first-order valence-electron chi connectivity index (χ1n) is 4.90. The monoisotopic (exact) mass is 313 g/mol. The smallest absolute Gasteiger partial charge is 0.251 e. The molecule has 88 valence electrons. The van der Waals surface area contributed by atoms with Crippen molar-refractivity contribution in [3.63, 3.8) is 0 Å². The summed E-state index contributed by atoms with van der Waals surface area (Å²) in [5.41, 5.74) is 1.44. The molecule has 0 fully saturated rings. The molecule has 0 spiro atoms. The lowest BCUT2D eigenvalue weighted by Crippen LogP contribution is -2.22. The van der Waals surface area contributed by atoms with Crippen molar-refractivity contribution in [3.8, 4) is 0 Å². The normalized spacial score (nSPS) is 10.2. The number of carbonyl (C=O) groups excluding carboxylic acids is 1. The van der Waals surface area contributed by atoms with Crippen molar-refractivity contribution in [2.75, 3.05) is 0 Å². The van der Waals surface area contributed by atoms with Crippen LogP contribution >= 0.6 is 27.5 Å². The fraction of sp³-hybridized carbons (Fsp3) is 0.0833. The lowest BCUT2D eigenvalue weighted by molar-refractivity contribution is 0.0951. The van der Waals surface area contributed by atoms with Gasteiger partial charge in [0.15, 0.2) is 0 Å². The van der Waals surface area contributed by atoms with Crippen LogP contribution in [0.15, 0.2) is 45.7 Å². The van der Waals surface area contributed by atoms with Crippen molar-refractivity contribution in [1.29, 1.82) is 0 Å². The van der Waals surface area contributed by atoms with Crippen LogP contribution in [0.25, 0.3) is 0 Å². The summed E-state index contributed by atoms with van der Waals surface area (Å²) in [6.07, 6.45) is 3.16. The lowest BCUT2D eigenvalue weighted by atomic mass is 10.2. The minimum Gasteiger partial charge on any atom is -0.472 e. The van der Waals surface area contributed by atoms with E-state index in [-0.39, 0.29) is 5.91 Å². The average Bonchev–Trinajstić information content (AvgIpc) is 2.77. The van der Waals surface area contributed by atoms with Gasteiger partial charge in [0.05, 0.1) is 12.5 Å². The van der Waals surface area contributed by atoms with E-state index in [2.05, 4.69) is 21.2 Å². The van der Waals surface area contributed by atoms with E-state index >= 15 is 0 Å². The Bertz CT molecular complexity index is 505. The molecule has 1 amide bonds. The molecule has 0 bridgehead atoms. The maximum absolute atomic E-state index is 11.8. The highest BCUT2D eigenvalue weighted by Crippen LogP contribution is 2.19. The van der Waals surface area contributed by atoms with Crippen molar-refractivity contribution in [3.05, 3.63) is 57.4 Å². The predicted molar refractivity (Wildman–Crippen MR) is 69.0 cm³/mol. The number of amides is 1. The molecule has 1 heterocycles. The van der Waals surface area contributed by atoms with Gasteiger partial charge in [0, 0.05) is 27.2 Å². The Hall–Kier alpha value is -1.26. The Morgan fingerprint density at radius 3 is 2.88 bits per heavy atom. The molecule has 3 nitrogen and oxygen atoms in total. The molecule has 0 unspecified atom stereocenters. The first-order valence-corrected chi connectivity index (χ1v) is 6.07. The summed E-state index contributed by atoms with van der Waals surface area (Å²) in [6, 6.07) is 6.87. The molecule has 2 rings (SSSR count). The number of rotatable bonds is 3. The summed E-state index contributed by atoms with van der Waals surface area (Å²) >= 11 is 9.16. The van der Waals surface area contributed by atoms with Crippen LogP contribution in [0.4, 0.5) is 0 Å². The maximum atomic E-state index is 11.8. The summed E-state index contributed by atoms with van der Waals surface area (Å²) in [7, 11) is 0. The number of hydrogen-bond acceptors (Lipinski definition) is 2. The number of benzene rings is 1. The van der Waals surface area contributed by atoms with Crippen molar-refractivity contribution < 1.29 is 9.21 Å². The number of nitrogens with one attached hydrogen (secondary N) is 1. The van der Waals surface area contributed by atoms with E-state index in [4.69, 9.17) is 16.0 Å². The molecule has 2 aromatic rings. The van der Waals surface area contributed by atoms with Gasteiger partial charge < -0.3 is 9.73 Å². The average molecular weight is 315 g/mol. The summed E-state index contributed by atoms with van der Waals surface area (Å²) < 4.78 is 5.69. The molecule has 0 radical (unpaired) electrons. The van der Waals surface area contributed by atoms with Crippen molar-refractivity contribution in [2.45, 2.75) is 6.54 Å². The summed E-state index contributed by atoms with van der Waals surface area (Å²) in [6.45, 7) is 0.430. The number of furan rings is 1. The van der Waals surface area contributed by atoms with E-state index in [9.17, 15) is 4.79 Å². The van der Waals surface area contributed by atoms with E-state index in [0.29, 0.717) is 17.1 Å². The number of carbonyl (C=O) groups is 1.